The first-order valence-electron chi connectivity index (χ1n) is 7.67. The number of hydrogen-bond donors (Lipinski definition) is 2. The summed E-state index contributed by atoms with van der Waals surface area (Å²) in [7, 11) is 0. The van der Waals surface area contributed by atoms with Crippen LogP contribution >= 0.6 is 0 Å². The summed E-state index contributed by atoms with van der Waals surface area (Å²) >= 11 is 0. The second kappa shape index (κ2) is 7.40. The Morgan fingerprint density at radius 3 is 2.19 bits per heavy atom. The predicted octanol–water partition coefficient (Wildman–Crippen LogP) is 4.63. The van der Waals surface area contributed by atoms with E-state index in [2.05, 4.69) is 20.8 Å². The van der Waals surface area contributed by atoms with Gasteiger partial charge in [0.2, 0.25) is 0 Å². The monoisotopic (exact) mass is 376 g/mol. The number of nitrogens with zero attached hydrogens (tertiary/aromatic N) is 2. The molecule has 5 nitrogen and oxygen atoms in total. The number of amides is 1. The number of halogens is 4. The van der Waals surface area contributed by atoms with Crippen molar-refractivity contribution in [2.45, 2.75) is 6.18 Å². The zero-order chi connectivity index (χ0) is 19.4. The van der Waals surface area contributed by atoms with E-state index in [1.54, 1.807) is 12.1 Å². The number of para-hydroxylation sites is 1. The number of nitrogens with one attached hydrogen (secondary N) is 2. The van der Waals surface area contributed by atoms with E-state index >= 15 is 0 Å². The molecule has 0 bridgehead atoms. The number of carbonyl (C=O) groups is 1. The van der Waals surface area contributed by atoms with Gasteiger partial charge in [0.05, 0.1) is 11.3 Å². The number of benzene rings is 2. The molecule has 0 aliphatic rings. The molecule has 1 amide bonds. The van der Waals surface area contributed by atoms with E-state index in [9.17, 15) is 22.4 Å². The number of rotatable bonds is 4. The van der Waals surface area contributed by atoms with Crippen LogP contribution in [0.5, 0.6) is 0 Å². The van der Waals surface area contributed by atoms with Crippen molar-refractivity contribution in [2.24, 2.45) is 0 Å². The highest BCUT2D eigenvalue weighted by molar-refractivity contribution is 6.02. The van der Waals surface area contributed by atoms with Crippen LogP contribution in [-0.4, -0.2) is 16.1 Å². The molecule has 138 valence electrons. The molecule has 1 aromatic heterocycles. The van der Waals surface area contributed by atoms with Crippen LogP contribution in [0.4, 0.5) is 34.8 Å². The summed E-state index contributed by atoms with van der Waals surface area (Å²) < 4.78 is 51.2. The normalized spacial score (nSPS) is 11.1. The summed E-state index contributed by atoms with van der Waals surface area (Å²) in [5.74, 6) is -0.880. The van der Waals surface area contributed by atoms with Gasteiger partial charge in [0.25, 0.3) is 5.91 Å². The van der Waals surface area contributed by atoms with Crippen LogP contribution in [-0.2, 0) is 6.18 Å². The number of hydrogen-bond acceptors (Lipinski definition) is 4. The van der Waals surface area contributed by atoms with Gasteiger partial charge >= 0.3 is 6.18 Å². The molecule has 0 atom stereocenters. The molecule has 2 N–H and O–H groups in total. The summed E-state index contributed by atoms with van der Waals surface area (Å²) in [6.07, 6.45) is -4.45. The molecule has 9 heteroatoms. The third-order valence-electron chi connectivity index (χ3n) is 3.50. The van der Waals surface area contributed by atoms with E-state index in [-0.39, 0.29) is 22.9 Å². The quantitative estimate of drug-likeness (QED) is 0.652. The summed E-state index contributed by atoms with van der Waals surface area (Å²) in [6.45, 7) is 0. The van der Waals surface area contributed by atoms with Gasteiger partial charge in [-0.05, 0) is 48.5 Å². The Balaban J connectivity index is 1.66. The maximum Gasteiger partial charge on any atom is 0.416 e. The maximum atomic E-state index is 13.6. The van der Waals surface area contributed by atoms with Crippen LogP contribution in [0.3, 0.4) is 0 Å². The van der Waals surface area contributed by atoms with Crippen molar-refractivity contribution in [3.8, 4) is 0 Å². The van der Waals surface area contributed by atoms with Crippen molar-refractivity contribution >= 4 is 23.1 Å². The molecule has 3 rings (SSSR count). The van der Waals surface area contributed by atoms with E-state index in [1.165, 1.54) is 24.3 Å². The summed E-state index contributed by atoms with van der Waals surface area (Å²) in [5.41, 5.74) is -0.477. The maximum absolute atomic E-state index is 13.6. The van der Waals surface area contributed by atoms with Crippen molar-refractivity contribution in [1.82, 2.24) is 10.2 Å². The van der Waals surface area contributed by atoms with Crippen molar-refractivity contribution < 1.29 is 22.4 Å². The number of anilines is 3. The Morgan fingerprint density at radius 1 is 0.889 bits per heavy atom. The fraction of sp³-hybridized carbons (Fsp3) is 0.0556. The van der Waals surface area contributed by atoms with E-state index in [1.807, 2.05) is 0 Å². The lowest BCUT2D eigenvalue weighted by Crippen LogP contribution is -2.15. The van der Waals surface area contributed by atoms with Crippen LogP contribution < -0.4 is 10.6 Å². The van der Waals surface area contributed by atoms with Gasteiger partial charge in [-0.2, -0.15) is 13.2 Å². The molecule has 0 radical (unpaired) electrons. The van der Waals surface area contributed by atoms with Gasteiger partial charge < -0.3 is 10.6 Å². The highest BCUT2D eigenvalue weighted by Crippen LogP contribution is 2.29. The predicted molar refractivity (Wildman–Crippen MR) is 91.1 cm³/mol. The molecule has 0 saturated carbocycles. The Morgan fingerprint density at radius 2 is 1.59 bits per heavy atom. The number of aromatic nitrogens is 2. The summed E-state index contributed by atoms with van der Waals surface area (Å²) in [6, 6.07) is 12.8. The molecular weight excluding hydrogens is 364 g/mol. The van der Waals surface area contributed by atoms with Crippen LogP contribution in [0, 0.1) is 5.82 Å². The first kappa shape index (κ1) is 18.3. The summed E-state index contributed by atoms with van der Waals surface area (Å²) in [5, 5.41) is 12.7. The largest absolute Gasteiger partial charge is 0.416 e. The lowest BCUT2D eigenvalue weighted by atomic mass is 10.2. The van der Waals surface area contributed by atoms with Gasteiger partial charge in [0.15, 0.2) is 11.5 Å². The van der Waals surface area contributed by atoms with E-state index in [0.29, 0.717) is 0 Å². The highest BCUT2D eigenvalue weighted by Gasteiger charge is 2.30. The smallest absolute Gasteiger partial charge is 0.336 e. The van der Waals surface area contributed by atoms with Crippen LogP contribution in [0.15, 0.2) is 60.7 Å². The Kier molecular flexibility index (Phi) is 5.02. The van der Waals surface area contributed by atoms with Gasteiger partial charge in [0.1, 0.15) is 5.82 Å². The molecular formula is C18H12F4N4O. The molecule has 0 saturated heterocycles. The lowest BCUT2D eigenvalue weighted by Gasteiger charge is -2.09. The minimum absolute atomic E-state index is 0.0472. The first-order valence-corrected chi connectivity index (χ1v) is 7.67. The number of carbonyl (C=O) groups excluding carboxylic acids is 1. The molecule has 1 heterocycles. The van der Waals surface area contributed by atoms with E-state index in [4.69, 9.17) is 0 Å². The lowest BCUT2D eigenvalue weighted by molar-refractivity contribution is -0.137. The second-order valence-electron chi connectivity index (χ2n) is 5.44. The standard InChI is InChI=1S/C18H12F4N4O/c19-13-3-1-2-4-14(13)24-16-10-9-15(25-26-16)17(27)23-12-7-5-11(6-8-12)18(20,21)22/h1-10H,(H,23,27)(H,24,26). The van der Waals surface area contributed by atoms with Crippen LogP contribution in [0.25, 0.3) is 0 Å². The Labute approximate surface area is 151 Å². The molecule has 3 aromatic rings. The van der Waals surface area contributed by atoms with Crippen molar-refractivity contribution in [3.63, 3.8) is 0 Å². The molecule has 0 fully saturated rings. The Hall–Kier alpha value is -3.49. The molecule has 0 unspecified atom stereocenters. The van der Waals surface area contributed by atoms with Gasteiger partial charge in [-0.15, -0.1) is 10.2 Å². The SMILES string of the molecule is O=C(Nc1ccc(C(F)(F)F)cc1)c1ccc(Nc2ccccc2F)nn1. The minimum atomic E-state index is -4.45. The van der Waals surface area contributed by atoms with Crippen molar-refractivity contribution in [3.05, 3.63) is 77.7 Å². The highest BCUT2D eigenvalue weighted by atomic mass is 19.4. The average molecular weight is 376 g/mol. The molecule has 0 aliphatic heterocycles. The van der Waals surface area contributed by atoms with Gasteiger partial charge in [-0.1, -0.05) is 12.1 Å². The first-order chi connectivity index (χ1) is 12.8. The number of alkyl halides is 3. The Bertz CT molecular complexity index is 941. The zero-order valence-corrected chi connectivity index (χ0v) is 13.6. The second-order valence-corrected chi connectivity index (χ2v) is 5.44. The molecule has 0 spiro atoms. The van der Waals surface area contributed by atoms with Crippen molar-refractivity contribution in [2.75, 3.05) is 10.6 Å². The topological polar surface area (TPSA) is 66.9 Å². The van der Waals surface area contributed by atoms with Gasteiger partial charge in [-0.3, -0.25) is 4.79 Å². The average Bonchev–Trinajstić information content (AvgIpc) is 2.64. The zero-order valence-electron chi connectivity index (χ0n) is 13.6. The minimum Gasteiger partial charge on any atom is -0.336 e. The van der Waals surface area contributed by atoms with Crippen LogP contribution in [0.1, 0.15) is 16.1 Å². The molecule has 0 aliphatic carbocycles. The fourth-order valence-corrected chi connectivity index (χ4v) is 2.16. The van der Waals surface area contributed by atoms with E-state index < -0.39 is 23.5 Å². The molecule has 27 heavy (non-hydrogen) atoms. The van der Waals surface area contributed by atoms with Crippen molar-refractivity contribution in [1.29, 1.82) is 0 Å². The fourth-order valence-electron chi connectivity index (χ4n) is 2.16. The third-order valence-corrected chi connectivity index (χ3v) is 3.50. The van der Waals surface area contributed by atoms with Crippen LogP contribution in [0.2, 0.25) is 0 Å². The van der Waals surface area contributed by atoms with Gasteiger partial charge in [-0.25, -0.2) is 4.39 Å². The summed E-state index contributed by atoms with van der Waals surface area (Å²) in [4.78, 5) is 12.1. The van der Waals surface area contributed by atoms with Gasteiger partial charge in [0, 0.05) is 5.69 Å². The van der Waals surface area contributed by atoms with E-state index in [0.717, 1.165) is 24.3 Å². The third kappa shape index (κ3) is 4.57. The molecule has 2 aromatic carbocycles.